The summed E-state index contributed by atoms with van der Waals surface area (Å²) in [4.78, 5) is 0. The summed E-state index contributed by atoms with van der Waals surface area (Å²) in [7, 11) is 0. The lowest BCUT2D eigenvalue weighted by molar-refractivity contribution is 0.309. The van der Waals surface area contributed by atoms with Crippen molar-refractivity contribution >= 4 is 5.69 Å². The van der Waals surface area contributed by atoms with Gasteiger partial charge in [-0.25, -0.2) is 0 Å². The second kappa shape index (κ2) is 3.29. The van der Waals surface area contributed by atoms with Crippen LogP contribution in [0.5, 0.6) is 5.75 Å². The number of phenols is 1. The topological polar surface area (TPSA) is 32.3 Å². The molecular formula is C11H15NO. The molecule has 1 aromatic carbocycles. The monoisotopic (exact) mass is 177 g/mol. The molecule has 0 aromatic heterocycles. The van der Waals surface area contributed by atoms with Gasteiger partial charge >= 0.3 is 0 Å². The highest BCUT2D eigenvalue weighted by molar-refractivity contribution is 5.48. The minimum Gasteiger partial charge on any atom is -0.508 e. The van der Waals surface area contributed by atoms with Crippen molar-refractivity contribution in [2.45, 2.75) is 25.8 Å². The van der Waals surface area contributed by atoms with Crippen LogP contribution in [0.2, 0.25) is 0 Å². The molecule has 0 amide bonds. The summed E-state index contributed by atoms with van der Waals surface area (Å²) in [5.74, 6) is 1.19. The highest BCUT2D eigenvalue weighted by Crippen LogP contribution is 2.29. The molecule has 1 aliphatic rings. The van der Waals surface area contributed by atoms with E-state index in [0.717, 1.165) is 11.6 Å². The fraction of sp³-hybridized carbons (Fsp3) is 0.455. The Labute approximate surface area is 78.6 Å². The third kappa shape index (κ3) is 1.94. The molecule has 2 rings (SSSR count). The highest BCUT2D eigenvalue weighted by Gasteiger charge is 2.24. The maximum Gasteiger partial charge on any atom is 0.117 e. The van der Waals surface area contributed by atoms with E-state index >= 15 is 0 Å². The SMILES string of the molecule is CC1CC(Nc2cccc(O)c2)C1. The van der Waals surface area contributed by atoms with E-state index in [2.05, 4.69) is 12.2 Å². The minimum absolute atomic E-state index is 0.331. The predicted octanol–water partition coefficient (Wildman–Crippen LogP) is 2.60. The Hall–Kier alpha value is -1.18. The van der Waals surface area contributed by atoms with Crippen LogP contribution >= 0.6 is 0 Å². The molecule has 0 bridgehead atoms. The standard InChI is InChI=1S/C11H15NO/c1-8-5-10(6-8)12-9-3-2-4-11(13)7-9/h2-4,7-8,10,12-13H,5-6H2,1H3. The highest BCUT2D eigenvalue weighted by atomic mass is 16.3. The summed E-state index contributed by atoms with van der Waals surface area (Å²) in [5.41, 5.74) is 1.02. The number of aromatic hydroxyl groups is 1. The third-order valence-electron chi connectivity index (χ3n) is 2.59. The van der Waals surface area contributed by atoms with Gasteiger partial charge in [0.2, 0.25) is 0 Å². The van der Waals surface area contributed by atoms with Crippen LogP contribution in [0.1, 0.15) is 19.8 Å². The van der Waals surface area contributed by atoms with E-state index in [1.165, 1.54) is 12.8 Å². The van der Waals surface area contributed by atoms with Crippen LogP contribution in [0.4, 0.5) is 5.69 Å². The van der Waals surface area contributed by atoms with Gasteiger partial charge in [0.25, 0.3) is 0 Å². The van der Waals surface area contributed by atoms with Crippen molar-refractivity contribution in [1.29, 1.82) is 0 Å². The fourth-order valence-corrected chi connectivity index (χ4v) is 1.85. The number of rotatable bonds is 2. The molecular weight excluding hydrogens is 162 g/mol. The van der Waals surface area contributed by atoms with Crippen LogP contribution in [0.15, 0.2) is 24.3 Å². The summed E-state index contributed by atoms with van der Waals surface area (Å²) in [6.45, 7) is 2.26. The summed E-state index contributed by atoms with van der Waals surface area (Å²) >= 11 is 0. The lowest BCUT2D eigenvalue weighted by Crippen LogP contribution is -2.33. The average molecular weight is 177 g/mol. The first-order chi connectivity index (χ1) is 6.24. The van der Waals surface area contributed by atoms with Gasteiger partial charge < -0.3 is 10.4 Å². The first kappa shape index (κ1) is 8.42. The fourth-order valence-electron chi connectivity index (χ4n) is 1.85. The lowest BCUT2D eigenvalue weighted by Gasteiger charge is -2.34. The normalized spacial score (nSPS) is 26.5. The van der Waals surface area contributed by atoms with Crippen molar-refractivity contribution in [2.24, 2.45) is 5.92 Å². The zero-order chi connectivity index (χ0) is 9.26. The molecule has 2 heteroatoms. The van der Waals surface area contributed by atoms with Crippen molar-refractivity contribution in [3.05, 3.63) is 24.3 Å². The lowest BCUT2D eigenvalue weighted by atomic mass is 9.82. The van der Waals surface area contributed by atoms with E-state index < -0.39 is 0 Å². The van der Waals surface area contributed by atoms with Crippen molar-refractivity contribution in [1.82, 2.24) is 0 Å². The van der Waals surface area contributed by atoms with E-state index in [9.17, 15) is 5.11 Å². The van der Waals surface area contributed by atoms with Crippen LogP contribution in [0.3, 0.4) is 0 Å². The van der Waals surface area contributed by atoms with Crippen LogP contribution in [0.25, 0.3) is 0 Å². The maximum atomic E-state index is 9.23. The number of benzene rings is 1. The Bertz CT molecular complexity index is 292. The van der Waals surface area contributed by atoms with Gasteiger partial charge in [-0.1, -0.05) is 13.0 Å². The number of phenolic OH excluding ortho intramolecular Hbond substituents is 1. The zero-order valence-corrected chi connectivity index (χ0v) is 7.83. The van der Waals surface area contributed by atoms with Crippen molar-refractivity contribution in [3.8, 4) is 5.75 Å². The van der Waals surface area contributed by atoms with Crippen LogP contribution in [-0.4, -0.2) is 11.1 Å². The Balaban J connectivity index is 1.94. The first-order valence-electron chi connectivity index (χ1n) is 4.79. The van der Waals surface area contributed by atoms with Crippen LogP contribution in [0, 0.1) is 5.92 Å². The quantitative estimate of drug-likeness (QED) is 0.727. The minimum atomic E-state index is 0.331. The predicted molar refractivity (Wildman–Crippen MR) is 53.9 cm³/mol. The third-order valence-corrected chi connectivity index (χ3v) is 2.59. The Morgan fingerprint density at radius 1 is 1.38 bits per heavy atom. The Morgan fingerprint density at radius 2 is 2.15 bits per heavy atom. The van der Waals surface area contributed by atoms with Gasteiger partial charge in [0.05, 0.1) is 0 Å². The summed E-state index contributed by atoms with van der Waals surface area (Å²) < 4.78 is 0. The molecule has 0 saturated heterocycles. The molecule has 1 aromatic rings. The maximum absolute atomic E-state index is 9.23. The van der Waals surface area contributed by atoms with E-state index in [1.54, 1.807) is 12.1 Å². The van der Waals surface area contributed by atoms with Crippen molar-refractivity contribution in [2.75, 3.05) is 5.32 Å². The smallest absolute Gasteiger partial charge is 0.117 e. The Kier molecular flexibility index (Phi) is 2.13. The molecule has 1 fully saturated rings. The van der Waals surface area contributed by atoms with Crippen LogP contribution < -0.4 is 5.32 Å². The molecule has 0 radical (unpaired) electrons. The van der Waals surface area contributed by atoms with Gasteiger partial charge in [0, 0.05) is 17.8 Å². The molecule has 0 spiro atoms. The number of hydrogen-bond donors (Lipinski definition) is 2. The van der Waals surface area contributed by atoms with Crippen molar-refractivity contribution < 1.29 is 5.11 Å². The second-order valence-electron chi connectivity index (χ2n) is 3.97. The first-order valence-corrected chi connectivity index (χ1v) is 4.79. The molecule has 13 heavy (non-hydrogen) atoms. The molecule has 0 atom stereocenters. The molecule has 70 valence electrons. The molecule has 2 nitrogen and oxygen atoms in total. The number of anilines is 1. The van der Waals surface area contributed by atoms with Gasteiger partial charge in [-0.3, -0.25) is 0 Å². The van der Waals surface area contributed by atoms with E-state index in [0.29, 0.717) is 11.8 Å². The number of hydrogen-bond acceptors (Lipinski definition) is 2. The van der Waals surface area contributed by atoms with Gasteiger partial charge in [-0.15, -0.1) is 0 Å². The molecule has 2 N–H and O–H groups in total. The molecule has 0 heterocycles. The van der Waals surface area contributed by atoms with Gasteiger partial charge in [-0.2, -0.15) is 0 Å². The average Bonchev–Trinajstić information content (AvgIpc) is 2.01. The van der Waals surface area contributed by atoms with Gasteiger partial charge in [-0.05, 0) is 30.9 Å². The molecule has 1 aliphatic carbocycles. The summed E-state index contributed by atoms with van der Waals surface area (Å²) in [5, 5.41) is 12.6. The largest absolute Gasteiger partial charge is 0.508 e. The van der Waals surface area contributed by atoms with E-state index in [-0.39, 0.29) is 0 Å². The summed E-state index contributed by atoms with van der Waals surface area (Å²) in [6.07, 6.45) is 2.49. The van der Waals surface area contributed by atoms with Crippen molar-refractivity contribution in [3.63, 3.8) is 0 Å². The summed E-state index contributed by atoms with van der Waals surface area (Å²) in [6, 6.07) is 7.91. The van der Waals surface area contributed by atoms with Gasteiger partial charge in [0.15, 0.2) is 0 Å². The van der Waals surface area contributed by atoms with Crippen LogP contribution in [-0.2, 0) is 0 Å². The molecule has 0 unspecified atom stereocenters. The zero-order valence-electron chi connectivity index (χ0n) is 7.83. The van der Waals surface area contributed by atoms with Gasteiger partial charge in [0.1, 0.15) is 5.75 Å². The van der Waals surface area contributed by atoms with E-state index in [1.807, 2.05) is 12.1 Å². The number of nitrogens with one attached hydrogen (secondary N) is 1. The van der Waals surface area contributed by atoms with E-state index in [4.69, 9.17) is 0 Å². The molecule has 0 aliphatic heterocycles. The Morgan fingerprint density at radius 3 is 2.77 bits per heavy atom. The second-order valence-corrected chi connectivity index (χ2v) is 3.97. The molecule has 1 saturated carbocycles.